The van der Waals surface area contributed by atoms with Crippen molar-refractivity contribution in [2.45, 2.75) is 27.7 Å². The number of carbonyl (C=O) groups is 1. The lowest BCUT2D eigenvalue weighted by Gasteiger charge is -2.34. The molecule has 0 saturated carbocycles. The number of phenolic OH excluding ortho intramolecular Hbond substituents is 1. The lowest BCUT2D eigenvalue weighted by Crippen LogP contribution is -2.47. The summed E-state index contributed by atoms with van der Waals surface area (Å²) in [5.74, 6) is -0.261. The number of carbonyl (C=O) groups excluding carboxylic acids is 1. The summed E-state index contributed by atoms with van der Waals surface area (Å²) in [6.45, 7) is 14.2. The number of phenols is 1. The van der Waals surface area contributed by atoms with E-state index in [-0.39, 0.29) is 5.75 Å². The van der Waals surface area contributed by atoms with Gasteiger partial charge in [0, 0.05) is 0 Å². The molecule has 1 aromatic carbocycles. The Hall–Kier alpha value is -1.55. The smallest absolute Gasteiger partial charge is 0.337 e. The Kier molecular flexibility index (Phi) is 8.64. The van der Waals surface area contributed by atoms with Crippen molar-refractivity contribution in [3.05, 3.63) is 29.8 Å². The van der Waals surface area contributed by atoms with Crippen molar-refractivity contribution in [2.24, 2.45) is 0 Å². The van der Waals surface area contributed by atoms with E-state index in [0.29, 0.717) is 5.56 Å². The number of ether oxygens (including phenoxy) is 1. The van der Waals surface area contributed by atoms with Gasteiger partial charge in [0.15, 0.2) is 0 Å². The van der Waals surface area contributed by atoms with E-state index in [4.69, 9.17) is 5.11 Å². The molecule has 4 heteroatoms. The van der Waals surface area contributed by atoms with Crippen molar-refractivity contribution in [2.75, 3.05) is 33.3 Å². The van der Waals surface area contributed by atoms with Crippen LogP contribution in [-0.4, -0.2) is 48.8 Å². The van der Waals surface area contributed by atoms with Gasteiger partial charge in [-0.3, -0.25) is 0 Å². The minimum Gasteiger partial charge on any atom is -0.508 e. The number of quaternary nitrogens is 1. The Bertz CT molecular complexity index is 366. The molecule has 0 saturated heterocycles. The molecule has 0 aromatic heterocycles. The van der Waals surface area contributed by atoms with Gasteiger partial charge in [-0.15, -0.1) is 0 Å². The second-order valence-corrected chi connectivity index (χ2v) is 4.65. The van der Waals surface area contributed by atoms with Crippen LogP contribution in [0.15, 0.2) is 24.3 Å². The zero-order valence-electron chi connectivity index (χ0n) is 13.3. The number of aromatic hydroxyl groups is 1. The second-order valence-electron chi connectivity index (χ2n) is 4.65. The first-order valence-electron chi connectivity index (χ1n) is 7.20. The number of rotatable bonds is 5. The van der Waals surface area contributed by atoms with Crippen LogP contribution in [0.5, 0.6) is 5.75 Å². The fourth-order valence-corrected chi connectivity index (χ4v) is 2.06. The highest BCUT2D eigenvalue weighted by molar-refractivity contribution is 5.89. The summed E-state index contributed by atoms with van der Waals surface area (Å²) >= 11 is 0. The van der Waals surface area contributed by atoms with Crippen LogP contribution in [0, 0.1) is 0 Å². The van der Waals surface area contributed by atoms with E-state index in [1.807, 2.05) is 0 Å². The third-order valence-electron chi connectivity index (χ3n) is 3.97. The van der Waals surface area contributed by atoms with Gasteiger partial charge in [0.05, 0.1) is 38.9 Å². The molecule has 1 rings (SSSR count). The van der Waals surface area contributed by atoms with Crippen LogP contribution in [0.1, 0.15) is 38.1 Å². The first kappa shape index (κ1) is 18.4. The molecule has 0 unspecified atom stereocenters. The van der Waals surface area contributed by atoms with E-state index in [9.17, 15) is 4.79 Å². The normalized spacial score (nSPS) is 10.4. The van der Waals surface area contributed by atoms with E-state index < -0.39 is 5.97 Å². The standard InChI is InChI=1S/C8H20N.C8H8O3/c1-5-9(6-2,7-3)8-4;1-11-8(10)6-2-4-7(9)5-3-6/h5-8H2,1-4H3;2-5,9H,1H3/q+1;. The SMILES string of the molecule is CC[N+](CC)(CC)CC.COC(=O)c1ccc(O)cc1. The highest BCUT2D eigenvalue weighted by Crippen LogP contribution is 2.09. The molecular formula is C16H28NO3+. The van der Waals surface area contributed by atoms with Crippen LogP contribution in [0.3, 0.4) is 0 Å². The summed E-state index contributed by atoms with van der Waals surface area (Å²) in [6.07, 6.45) is 0. The average molecular weight is 282 g/mol. The summed E-state index contributed by atoms with van der Waals surface area (Å²) in [4.78, 5) is 10.8. The van der Waals surface area contributed by atoms with E-state index >= 15 is 0 Å². The molecule has 4 nitrogen and oxygen atoms in total. The monoisotopic (exact) mass is 282 g/mol. The molecule has 0 aliphatic rings. The summed E-state index contributed by atoms with van der Waals surface area (Å²) < 4.78 is 5.73. The average Bonchev–Trinajstić information content (AvgIpc) is 2.51. The topological polar surface area (TPSA) is 46.5 Å². The fourth-order valence-electron chi connectivity index (χ4n) is 2.06. The van der Waals surface area contributed by atoms with Crippen molar-refractivity contribution in [3.8, 4) is 5.75 Å². The van der Waals surface area contributed by atoms with Crippen LogP contribution < -0.4 is 0 Å². The van der Waals surface area contributed by atoms with Crippen molar-refractivity contribution in [1.29, 1.82) is 0 Å². The molecule has 0 atom stereocenters. The van der Waals surface area contributed by atoms with Crippen LogP contribution in [0.2, 0.25) is 0 Å². The predicted octanol–water partition coefficient (Wildman–Crippen LogP) is 3.06. The van der Waals surface area contributed by atoms with E-state index in [2.05, 4.69) is 32.4 Å². The predicted molar refractivity (Wildman–Crippen MR) is 81.9 cm³/mol. The first-order chi connectivity index (χ1) is 9.48. The minimum atomic E-state index is -0.398. The summed E-state index contributed by atoms with van der Waals surface area (Å²) in [7, 11) is 1.31. The Morgan fingerprint density at radius 3 is 1.65 bits per heavy atom. The zero-order valence-corrected chi connectivity index (χ0v) is 13.3. The molecule has 0 heterocycles. The van der Waals surface area contributed by atoms with E-state index in [0.717, 1.165) is 0 Å². The van der Waals surface area contributed by atoms with Crippen LogP contribution >= 0.6 is 0 Å². The first-order valence-corrected chi connectivity index (χ1v) is 7.20. The molecule has 1 N–H and O–H groups in total. The maximum absolute atomic E-state index is 10.8. The number of hydrogen-bond donors (Lipinski definition) is 1. The van der Waals surface area contributed by atoms with Gasteiger partial charge in [0.2, 0.25) is 0 Å². The highest BCUT2D eigenvalue weighted by atomic mass is 16.5. The molecule has 20 heavy (non-hydrogen) atoms. The molecule has 0 bridgehead atoms. The van der Waals surface area contributed by atoms with Gasteiger partial charge in [0.25, 0.3) is 0 Å². The number of esters is 1. The van der Waals surface area contributed by atoms with Crippen molar-refractivity contribution in [3.63, 3.8) is 0 Å². The molecule has 0 aliphatic heterocycles. The van der Waals surface area contributed by atoms with Crippen molar-refractivity contribution in [1.82, 2.24) is 0 Å². The molecule has 0 amide bonds. The zero-order chi connectivity index (χ0) is 15.6. The maximum Gasteiger partial charge on any atom is 0.337 e. The Balaban J connectivity index is 0.000000370. The maximum atomic E-state index is 10.8. The molecule has 0 fully saturated rings. The number of benzene rings is 1. The quantitative estimate of drug-likeness (QED) is 0.667. The van der Waals surface area contributed by atoms with Gasteiger partial charge in [0.1, 0.15) is 5.75 Å². The van der Waals surface area contributed by atoms with Crippen LogP contribution in [0.4, 0.5) is 0 Å². The summed E-state index contributed by atoms with van der Waals surface area (Å²) in [6, 6.07) is 5.88. The highest BCUT2D eigenvalue weighted by Gasteiger charge is 2.16. The van der Waals surface area contributed by atoms with Gasteiger partial charge in [-0.1, -0.05) is 0 Å². The van der Waals surface area contributed by atoms with E-state index in [1.165, 1.54) is 62.0 Å². The van der Waals surface area contributed by atoms with Gasteiger partial charge < -0.3 is 14.3 Å². The molecule has 114 valence electrons. The fraction of sp³-hybridized carbons (Fsp3) is 0.562. The largest absolute Gasteiger partial charge is 0.508 e. The Morgan fingerprint density at radius 1 is 1.00 bits per heavy atom. The molecule has 0 radical (unpaired) electrons. The molecule has 0 aliphatic carbocycles. The molecule has 1 aromatic rings. The Morgan fingerprint density at radius 2 is 1.40 bits per heavy atom. The molecular weight excluding hydrogens is 254 g/mol. The van der Waals surface area contributed by atoms with Crippen molar-refractivity contribution >= 4 is 5.97 Å². The lowest BCUT2D eigenvalue weighted by atomic mass is 10.2. The summed E-state index contributed by atoms with van der Waals surface area (Å²) in [5, 5.41) is 8.86. The van der Waals surface area contributed by atoms with Gasteiger partial charge in [-0.25, -0.2) is 4.79 Å². The van der Waals surface area contributed by atoms with Gasteiger partial charge in [-0.05, 0) is 52.0 Å². The van der Waals surface area contributed by atoms with E-state index in [1.54, 1.807) is 0 Å². The third-order valence-corrected chi connectivity index (χ3v) is 3.97. The molecule has 0 spiro atoms. The van der Waals surface area contributed by atoms with Gasteiger partial charge >= 0.3 is 5.97 Å². The van der Waals surface area contributed by atoms with Crippen LogP contribution in [0.25, 0.3) is 0 Å². The van der Waals surface area contributed by atoms with Crippen molar-refractivity contribution < 1.29 is 19.1 Å². The van der Waals surface area contributed by atoms with Gasteiger partial charge in [-0.2, -0.15) is 0 Å². The minimum absolute atomic E-state index is 0.137. The third kappa shape index (κ3) is 5.61. The van der Waals surface area contributed by atoms with Crippen LogP contribution in [-0.2, 0) is 4.74 Å². The number of nitrogens with zero attached hydrogens (tertiary/aromatic N) is 1. The number of methoxy groups -OCH3 is 1. The Labute approximate surface area is 122 Å². The summed E-state index contributed by atoms with van der Waals surface area (Å²) in [5.41, 5.74) is 0.435. The second kappa shape index (κ2) is 9.37. The number of hydrogen-bond acceptors (Lipinski definition) is 3. The lowest BCUT2D eigenvalue weighted by molar-refractivity contribution is -0.921.